The molecule has 0 unspecified atom stereocenters. The molecular weight excluding hydrogens is 271 g/mol. The zero-order valence-corrected chi connectivity index (χ0v) is 11.6. The summed E-state index contributed by atoms with van der Waals surface area (Å²) in [4.78, 5) is 13.8. The van der Waals surface area contributed by atoms with Crippen molar-refractivity contribution in [3.8, 4) is 0 Å². The van der Waals surface area contributed by atoms with E-state index in [-0.39, 0.29) is 23.3 Å². The maximum atomic E-state index is 12.9. The van der Waals surface area contributed by atoms with Gasteiger partial charge in [0.25, 0.3) is 0 Å². The molecule has 0 aromatic heterocycles. The van der Waals surface area contributed by atoms with Crippen LogP contribution in [0.3, 0.4) is 0 Å². The minimum absolute atomic E-state index is 0.00168. The van der Waals surface area contributed by atoms with Crippen LogP contribution in [-0.4, -0.2) is 36.2 Å². The van der Waals surface area contributed by atoms with E-state index in [1.165, 1.54) is 18.2 Å². The number of nitrogens with one attached hydrogen (secondary N) is 1. The zero-order valence-electron chi connectivity index (χ0n) is 10.8. The molecule has 2 amide bonds. The molecule has 1 N–H and O–H groups in total. The molecule has 0 bridgehead atoms. The van der Waals surface area contributed by atoms with Crippen molar-refractivity contribution in [1.82, 2.24) is 4.90 Å². The Morgan fingerprint density at radius 3 is 2.63 bits per heavy atom. The SMILES string of the molecule is C[C@@H]1CN(C(=O)Nc2ccc(F)cc2Cl)C[C@H](C)O1. The number of hydrogen-bond donors (Lipinski definition) is 1. The molecule has 1 heterocycles. The molecule has 1 saturated heterocycles. The number of hydrogen-bond acceptors (Lipinski definition) is 2. The molecule has 19 heavy (non-hydrogen) atoms. The Balaban J connectivity index is 2.04. The Hall–Kier alpha value is -1.33. The molecule has 6 heteroatoms. The summed E-state index contributed by atoms with van der Waals surface area (Å²) >= 11 is 5.87. The highest BCUT2D eigenvalue weighted by Crippen LogP contribution is 2.23. The topological polar surface area (TPSA) is 41.6 Å². The van der Waals surface area contributed by atoms with Gasteiger partial charge >= 0.3 is 6.03 Å². The fourth-order valence-electron chi connectivity index (χ4n) is 2.13. The Labute approximate surface area is 116 Å². The molecule has 0 spiro atoms. The molecule has 0 saturated carbocycles. The van der Waals surface area contributed by atoms with Gasteiger partial charge in [0.05, 0.1) is 22.9 Å². The van der Waals surface area contributed by atoms with E-state index in [2.05, 4.69) is 5.32 Å². The van der Waals surface area contributed by atoms with E-state index < -0.39 is 5.82 Å². The van der Waals surface area contributed by atoms with Gasteiger partial charge in [0.2, 0.25) is 0 Å². The molecule has 1 aromatic rings. The lowest BCUT2D eigenvalue weighted by atomic mass is 10.2. The molecular formula is C13H16ClFN2O2. The average Bonchev–Trinajstić information content (AvgIpc) is 2.31. The van der Waals surface area contributed by atoms with Gasteiger partial charge in [-0.25, -0.2) is 9.18 Å². The van der Waals surface area contributed by atoms with Crippen LogP contribution in [0.15, 0.2) is 18.2 Å². The molecule has 104 valence electrons. The van der Waals surface area contributed by atoms with Gasteiger partial charge in [-0.15, -0.1) is 0 Å². The lowest BCUT2D eigenvalue weighted by Crippen LogP contribution is -2.49. The van der Waals surface area contributed by atoms with Gasteiger partial charge in [-0.05, 0) is 32.0 Å². The van der Waals surface area contributed by atoms with E-state index in [1.807, 2.05) is 13.8 Å². The third-order valence-corrected chi connectivity index (χ3v) is 3.19. The second-order valence-electron chi connectivity index (χ2n) is 4.72. The quantitative estimate of drug-likeness (QED) is 0.862. The van der Waals surface area contributed by atoms with Crippen molar-refractivity contribution in [2.45, 2.75) is 26.1 Å². The number of halogens is 2. The highest BCUT2D eigenvalue weighted by Gasteiger charge is 2.26. The van der Waals surface area contributed by atoms with Crippen LogP contribution in [0.5, 0.6) is 0 Å². The maximum Gasteiger partial charge on any atom is 0.322 e. The third-order valence-electron chi connectivity index (χ3n) is 2.88. The average molecular weight is 287 g/mol. The summed E-state index contributed by atoms with van der Waals surface area (Å²) in [5, 5.41) is 2.86. The van der Waals surface area contributed by atoms with Crippen LogP contribution in [0.4, 0.5) is 14.9 Å². The number of ether oxygens (including phenoxy) is 1. The second-order valence-corrected chi connectivity index (χ2v) is 5.12. The molecule has 2 rings (SSSR count). The summed E-state index contributed by atoms with van der Waals surface area (Å²) < 4.78 is 18.5. The number of carbonyl (C=O) groups excluding carboxylic acids is 1. The van der Waals surface area contributed by atoms with Crippen LogP contribution in [0.25, 0.3) is 0 Å². The van der Waals surface area contributed by atoms with Crippen molar-refractivity contribution >= 4 is 23.3 Å². The molecule has 1 fully saturated rings. The summed E-state index contributed by atoms with van der Waals surface area (Å²) in [5.74, 6) is -0.434. The van der Waals surface area contributed by atoms with Gasteiger partial charge in [0.1, 0.15) is 5.82 Å². The Morgan fingerprint density at radius 2 is 2.05 bits per heavy atom. The summed E-state index contributed by atoms with van der Waals surface area (Å²) in [7, 11) is 0. The molecule has 1 aliphatic heterocycles. The Kier molecular flexibility index (Phi) is 4.27. The second kappa shape index (κ2) is 5.75. The molecule has 1 aliphatic rings. The number of carbonyl (C=O) groups is 1. The summed E-state index contributed by atoms with van der Waals surface area (Å²) in [6, 6.07) is 3.62. The smallest absolute Gasteiger partial charge is 0.322 e. The van der Waals surface area contributed by atoms with Gasteiger partial charge < -0.3 is 15.0 Å². The Morgan fingerprint density at radius 1 is 1.42 bits per heavy atom. The monoisotopic (exact) mass is 286 g/mol. The van der Waals surface area contributed by atoms with E-state index in [1.54, 1.807) is 4.90 Å². The largest absolute Gasteiger partial charge is 0.372 e. The highest BCUT2D eigenvalue weighted by atomic mass is 35.5. The van der Waals surface area contributed by atoms with Crippen molar-refractivity contribution in [3.63, 3.8) is 0 Å². The summed E-state index contributed by atoms with van der Waals surface area (Å²) in [6.45, 7) is 4.88. The molecule has 1 aromatic carbocycles. The molecule has 0 radical (unpaired) electrons. The standard InChI is InChI=1S/C13H16ClFN2O2/c1-8-6-17(7-9(2)19-8)13(18)16-12-4-3-10(15)5-11(12)14/h3-5,8-9H,6-7H2,1-2H3,(H,16,18)/t8-,9+. The van der Waals surface area contributed by atoms with Crippen LogP contribution in [0, 0.1) is 5.82 Å². The molecule has 2 atom stereocenters. The maximum absolute atomic E-state index is 12.9. The fraction of sp³-hybridized carbons (Fsp3) is 0.462. The number of anilines is 1. The number of nitrogens with zero attached hydrogens (tertiary/aromatic N) is 1. The van der Waals surface area contributed by atoms with Crippen molar-refractivity contribution in [2.24, 2.45) is 0 Å². The number of morpholine rings is 1. The first-order valence-corrected chi connectivity index (χ1v) is 6.50. The fourth-order valence-corrected chi connectivity index (χ4v) is 2.34. The lowest BCUT2D eigenvalue weighted by molar-refractivity contribution is -0.0530. The van der Waals surface area contributed by atoms with E-state index in [9.17, 15) is 9.18 Å². The number of urea groups is 1. The van der Waals surface area contributed by atoms with Gasteiger partial charge in [0, 0.05) is 13.1 Å². The van der Waals surface area contributed by atoms with Crippen LogP contribution in [-0.2, 0) is 4.74 Å². The normalized spacial score (nSPS) is 23.3. The van der Waals surface area contributed by atoms with Crippen molar-refractivity contribution in [1.29, 1.82) is 0 Å². The number of benzene rings is 1. The van der Waals surface area contributed by atoms with Crippen LogP contribution < -0.4 is 5.32 Å². The van der Waals surface area contributed by atoms with Crippen LogP contribution >= 0.6 is 11.6 Å². The van der Waals surface area contributed by atoms with E-state index in [0.29, 0.717) is 18.8 Å². The molecule has 4 nitrogen and oxygen atoms in total. The minimum Gasteiger partial charge on any atom is -0.372 e. The van der Waals surface area contributed by atoms with Gasteiger partial charge in [-0.3, -0.25) is 0 Å². The zero-order chi connectivity index (χ0) is 14.0. The first-order chi connectivity index (χ1) is 8.95. The van der Waals surface area contributed by atoms with Crippen molar-refractivity contribution in [2.75, 3.05) is 18.4 Å². The van der Waals surface area contributed by atoms with Crippen LogP contribution in [0.2, 0.25) is 5.02 Å². The van der Waals surface area contributed by atoms with E-state index >= 15 is 0 Å². The summed E-state index contributed by atoms with van der Waals surface area (Å²) in [6.07, 6.45) is -0.00335. The highest BCUT2D eigenvalue weighted by molar-refractivity contribution is 6.33. The van der Waals surface area contributed by atoms with E-state index in [4.69, 9.17) is 16.3 Å². The van der Waals surface area contributed by atoms with Crippen LogP contribution in [0.1, 0.15) is 13.8 Å². The van der Waals surface area contributed by atoms with Crippen molar-refractivity contribution < 1.29 is 13.9 Å². The van der Waals surface area contributed by atoms with Gasteiger partial charge in [-0.2, -0.15) is 0 Å². The molecule has 0 aliphatic carbocycles. The third kappa shape index (κ3) is 3.58. The first-order valence-electron chi connectivity index (χ1n) is 6.12. The predicted octanol–water partition coefficient (Wildman–Crippen LogP) is 3.12. The minimum atomic E-state index is -0.434. The lowest BCUT2D eigenvalue weighted by Gasteiger charge is -2.35. The predicted molar refractivity (Wildman–Crippen MR) is 72.0 cm³/mol. The van der Waals surface area contributed by atoms with Gasteiger partial charge in [-0.1, -0.05) is 11.6 Å². The summed E-state index contributed by atoms with van der Waals surface area (Å²) in [5.41, 5.74) is 0.403. The Bertz CT molecular complexity index is 474. The van der Waals surface area contributed by atoms with Crippen molar-refractivity contribution in [3.05, 3.63) is 29.0 Å². The van der Waals surface area contributed by atoms with E-state index in [0.717, 1.165) is 0 Å². The first kappa shape index (κ1) is 14.1. The number of amides is 2. The van der Waals surface area contributed by atoms with Gasteiger partial charge in [0.15, 0.2) is 0 Å². The number of rotatable bonds is 1.